The predicted molar refractivity (Wildman–Crippen MR) is 131 cm³/mol. The number of carbonyl (C=O) groups excluding carboxylic acids is 1. The summed E-state index contributed by atoms with van der Waals surface area (Å²) in [6.45, 7) is 12.6. The summed E-state index contributed by atoms with van der Waals surface area (Å²) in [6, 6.07) is 16.5. The van der Waals surface area contributed by atoms with Gasteiger partial charge in [-0.1, -0.05) is 58.9 Å². The van der Waals surface area contributed by atoms with Crippen LogP contribution in [-0.4, -0.2) is 22.1 Å². The van der Waals surface area contributed by atoms with Crippen molar-refractivity contribution < 1.29 is 9.53 Å². The molecule has 0 aliphatic heterocycles. The summed E-state index contributed by atoms with van der Waals surface area (Å²) >= 11 is 0. The number of hydrogen-bond donors (Lipinski definition) is 1. The molecule has 5 nitrogen and oxygen atoms in total. The van der Waals surface area contributed by atoms with Crippen molar-refractivity contribution in [1.82, 2.24) is 14.9 Å². The SMILES string of the molecule is CCC(CC)C(=O)NCc1nc2ccccc2n1CCCOc1ccc(C(C)(C)C)cc1. The van der Waals surface area contributed by atoms with Crippen LogP contribution in [0.15, 0.2) is 48.5 Å². The largest absolute Gasteiger partial charge is 0.494 e. The average molecular weight is 436 g/mol. The third-order valence-electron chi connectivity index (χ3n) is 6.03. The van der Waals surface area contributed by atoms with Crippen molar-refractivity contribution in [3.8, 4) is 5.75 Å². The number of ether oxygens (including phenoxy) is 1. The molecule has 3 aromatic rings. The van der Waals surface area contributed by atoms with E-state index in [4.69, 9.17) is 9.72 Å². The molecule has 5 heteroatoms. The van der Waals surface area contributed by atoms with Crippen LogP contribution in [0.5, 0.6) is 5.75 Å². The first-order valence-corrected chi connectivity index (χ1v) is 11.8. The molecule has 0 unspecified atom stereocenters. The van der Waals surface area contributed by atoms with Crippen LogP contribution in [0, 0.1) is 5.92 Å². The number of aryl methyl sites for hydroxylation is 1. The Morgan fingerprint density at radius 2 is 1.75 bits per heavy atom. The van der Waals surface area contributed by atoms with Gasteiger partial charge in [0.1, 0.15) is 11.6 Å². The van der Waals surface area contributed by atoms with Crippen LogP contribution in [0.25, 0.3) is 11.0 Å². The minimum atomic E-state index is 0.0610. The monoisotopic (exact) mass is 435 g/mol. The summed E-state index contributed by atoms with van der Waals surface area (Å²) in [4.78, 5) is 17.2. The highest BCUT2D eigenvalue weighted by Gasteiger charge is 2.16. The molecular formula is C27H37N3O2. The van der Waals surface area contributed by atoms with Gasteiger partial charge in [-0.3, -0.25) is 4.79 Å². The second-order valence-corrected chi connectivity index (χ2v) is 9.38. The lowest BCUT2D eigenvalue weighted by molar-refractivity contribution is -0.125. The van der Waals surface area contributed by atoms with Crippen LogP contribution >= 0.6 is 0 Å². The van der Waals surface area contributed by atoms with Gasteiger partial charge in [-0.15, -0.1) is 0 Å². The van der Waals surface area contributed by atoms with E-state index in [1.807, 2.05) is 30.3 Å². The maximum Gasteiger partial charge on any atom is 0.223 e. The first kappa shape index (κ1) is 23.8. The first-order valence-electron chi connectivity index (χ1n) is 11.8. The summed E-state index contributed by atoms with van der Waals surface area (Å²) in [5.41, 5.74) is 3.49. The lowest BCUT2D eigenvalue weighted by Gasteiger charge is -2.19. The van der Waals surface area contributed by atoms with Gasteiger partial charge in [0.2, 0.25) is 5.91 Å². The number of rotatable bonds is 10. The Labute approximate surface area is 192 Å². The molecule has 0 bridgehead atoms. The molecule has 0 radical (unpaired) electrons. The maximum absolute atomic E-state index is 12.4. The quantitative estimate of drug-likeness (QED) is 0.406. The van der Waals surface area contributed by atoms with Gasteiger partial charge in [-0.2, -0.15) is 0 Å². The molecule has 2 aromatic carbocycles. The predicted octanol–water partition coefficient (Wildman–Crippen LogP) is 5.86. The van der Waals surface area contributed by atoms with E-state index in [1.165, 1.54) is 5.56 Å². The molecule has 32 heavy (non-hydrogen) atoms. The molecule has 3 rings (SSSR count). The Balaban J connectivity index is 1.62. The van der Waals surface area contributed by atoms with Crippen LogP contribution in [0.3, 0.4) is 0 Å². The molecule has 0 aliphatic rings. The van der Waals surface area contributed by atoms with Gasteiger partial charge in [-0.25, -0.2) is 4.98 Å². The fourth-order valence-corrected chi connectivity index (χ4v) is 3.94. The molecule has 1 heterocycles. The summed E-state index contributed by atoms with van der Waals surface area (Å²) in [5.74, 6) is 1.95. The highest BCUT2D eigenvalue weighted by atomic mass is 16.5. The summed E-state index contributed by atoms with van der Waals surface area (Å²) in [5, 5.41) is 3.08. The maximum atomic E-state index is 12.4. The van der Waals surface area contributed by atoms with Crippen molar-refractivity contribution in [2.45, 2.75) is 72.4 Å². The Kier molecular flexibility index (Phi) is 7.94. The summed E-state index contributed by atoms with van der Waals surface area (Å²) < 4.78 is 8.18. The third-order valence-corrected chi connectivity index (χ3v) is 6.03. The van der Waals surface area contributed by atoms with E-state index >= 15 is 0 Å². The standard InChI is InChI=1S/C27H37N3O2/c1-6-20(7-2)26(31)28-19-25-29-23-11-8-9-12-24(23)30(25)17-10-18-32-22-15-13-21(14-16-22)27(3,4)5/h8-9,11-16,20H,6-7,10,17-19H2,1-5H3,(H,28,31). The molecule has 0 atom stereocenters. The second-order valence-electron chi connectivity index (χ2n) is 9.38. The van der Waals surface area contributed by atoms with Gasteiger partial charge in [0.05, 0.1) is 24.2 Å². The highest BCUT2D eigenvalue weighted by molar-refractivity contribution is 5.79. The molecule has 1 amide bonds. The zero-order valence-electron chi connectivity index (χ0n) is 20.1. The zero-order valence-corrected chi connectivity index (χ0v) is 20.1. The van der Waals surface area contributed by atoms with E-state index in [0.717, 1.165) is 48.4 Å². The third kappa shape index (κ3) is 5.90. The Bertz CT molecular complexity index is 1010. The molecule has 1 aromatic heterocycles. The molecule has 0 fully saturated rings. The molecule has 0 saturated heterocycles. The van der Waals surface area contributed by atoms with Crippen LogP contribution in [0.4, 0.5) is 0 Å². The molecule has 1 N–H and O–H groups in total. The van der Waals surface area contributed by atoms with Crippen molar-refractivity contribution in [1.29, 1.82) is 0 Å². The first-order chi connectivity index (χ1) is 15.3. The number of amides is 1. The lowest BCUT2D eigenvalue weighted by atomic mass is 9.87. The van der Waals surface area contributed by atoms with E-state index < -0.39 is 0 Å². The van der Waals surface area contributed by atoms with E-state index in [-0.39, 0.29) is 17.2 Å². The Morgan fingerprint density at radius 1 is 1.06 bits per heavy atom. The van der Waals surface area contributed by atoms with Gasteiger partial charge >= 0.3 is 0 Å². The van der Waals surface area contributed by atoms with E-state index in [0.29, 0.717) is 13.2 Å². The second kappa shape index (κ2) is 10.7. The summed E-state index contributed by atoms with van der Waals surface area (Å²) in [6.07, 6.45) is 2.56. The minimum absolute atomic E-state index is 0.0610. The van der Waals surface area contributed by atoms with Gasteiger partial charge < -0.3 is 14.6 Å². The van der Waals surface area contributed by atoms with Gasteiger partial charge in [-0.05, 0) is 54.5 Å². The number of hydrogen-bond acceptors (Lipinski definition) is 3. The van der Waals surface area contributed by atoms with Gasteiger partial charge in [0.25, 0.3) is 0 Å². The number of carbonyl (C=O) groups is 1. The van der Waals surface area contributed by atoms with Gasteiger partial charge in [0, 0.05) is 12.5 Å². The fraction of sp³-hybridized carbons (Fsp3) is 0.481. The minimum Gasteiger partial charge on any atom is -0.494 e. The normalized spacial score (nSPS) is 11.8. The molecule has 0 aliphatic carbocycles. The smallest absolute Gasteiger partial charge is 0.223 e. The average Bonchev–Trinajstić information content (AvgIpc) is 3.13. The van der Waals surface area contributed by atoms with Crippen molar-refractivity contribution >= 4 is 16.9 Å². The van der Waals surface area contributed by atoms with Crippen molar-refractivity contribution in [2.75, 3.05) is 6.61 Å². The molecule has 0 spiro atoms. The number of fused-ring (bicyclic) bond motifs is 1. The summed E-state index contributed by atoms with van der Waals surface area (Å²) in [7, 11) is 0. The van der Waals surface area contributed by atoms with E-state index in [9.17, 15) is 4.79 Å². The Morgan fingerprint density at radius 3 is 2.41 bits per heavy atom. The van der Waals surface area contributed by atoms with Crippen molar-refractivity contribution in [3.05, 3.63) is 59.9 Å². The van der Waals surface area contributed by atoms with Crippen LogP contribution < -0.4 is 10.1 Å². The Hall–Kier alpha value is -2.82. The topological polar surface area (TPSA) is 56.2 Å². The van der Waals surface area contributed by atoms with Crippen LogP contribution in [0.1, 0.15) is 65.3 Å². The highest BCUT2D eigenvalue weighted by Crippen LogP contribution is 2.24. The number of para-hydroxylation sites is 2. The number of imidazole rings is 1. The number of aromatic nitrogens is 2. The lowest BCUT2D eigenvalue weighted by Crippen LogP contribution is -2.30. The number of nitrogens with zero attached hydrogens (tertiary/aromatic N) is 2. The number of nitrogens with one attached hydrogen (secondary N) is 1. The van der Waals surface area contributed by atoms with E-state index in [1.54, 1.807) is 0 Å². The van der Waals surface area contributed by atoms with Crippen molar-refractivity contribution in [2.24, 2.45) is 5.92 Å². The molecular weight excluding hydrogens is 398 g/mol. The molecule has 172 valence electrons. The van der Waals surface area contributed by atoms with Crippen LogP contribution in [0.2, 0.25) is 0 Å². The van der Waals surface area contributed by atoms with Crippen molar-refractivity contribution in [3.63, 3.8) is 0 Å². The van der Waals surface area contributed by atoms with Crippen LogP contribution in [-0.2, 0) is 23.3 Å². The van der Waals surface area contributed by atoms with Gasteiger partial charge in [0.15, 0.2) is 0 Å². The molecule has 0 saturated carbocycles. The number of benzene rings is 2. The fourth-order valence-electron chi connectivity index (χ4n) is 3.94. The van der Waals surface area contributed by atoms with E-state index in [2.05, 4.69) is 62.7 Å². The zero-order chi connectivity index (χ0) is 23.1.